The molecule has 1 saturated heterocycles. The molecule has 6 nitrogen and oxygen atoms in total. The third-order valence-electron chi connectivity index (χ3n) is 3.64. The van der Waals surface area contributed by atoms with Crippen molar-refractivity contribution >= 4 is 11.9 Å². The van der Waals surface area contributed by atoms with Gasteiger partial charge in [0.05, 0.1) is 5.92 Å². The van der Waals surface area contributed by atoms with Crippen LogP contribution >= 0.6 is 0 Å². The van der Waals surface area contributed by atoms with Crippen LogP contribution < -0.4 is 0 Å². The Morgan fingerprint density at radius 2 is 2.32 bits per heavy atom. The molecular formula is C13H19N3O3. The van der Waals surface area contributed by atoms with E-state index in [0.29, 0.717) is 32.4 Å². The van der Waals surface area contributed by atoms with Gasteiger partial charge in [0.2, 0.25) is 5.91 Å². The van der Waals surface area contributed by atoms with E-state index in [1.807, 2.05) is 13.1 Å². The summed E-state index contributed by atoms with van der Waals surface area (Å²) in [6.45, 7) is 1.02. The van der Waals surface area contributed by atoms with Gasteiger partial charge < -0.3 is 10.0 Å². The molecule has 0 bridgehead atoms. The maximum atomic E-state index is 12.1. The Balaban J connectivity index is 1.86. The van der Waals surface area contributed by atoms with Crippen LogP contribution in [0.5, 0.6) is 0 Å². The number of carboxylic acids is 1. The third-order valence-corrected chi connectivity index (χ3v) is 3.64. The number of aliphatic carboxylic acids is 1. The first-order valence-corrected chi connectivity index (χ1v) is 6.55. The predicted octanol–water partition coefficient (Wildman–Crippen LogP) is 0.676. The highest BCUT2D eigenvalue weighted by atomic mass is 16.4. The second kappa shape index (κ2) is 5.86. The maximum absolute atomic E-state index is 12.1. The van der Waals surface area contributed by atoms with Crippen LogP contribution in [0.25, 0.3) is 0 Å². The van der Waals surface area contributed by atoms with E-state index >= 15 is 0 Å². The van der Waals surface area contributed by atoms with Gasteiger partial charge >= 0.3 is 5.97 Å². The van der Waals surface area contributed by atoms with Gasteiger partial charge in [0.1, 0.15) is 0 Å². The van der Waals surface area contributed by atoms with Gasteiger partial charge in [-0.25, -0.2) is 0 Å². The summed E-state index contributed by atoms with van der Waals surface area (Å²) < 4.78 is 1.75. The Hall–Kier alpha value is -1.85. The molecule has 1 atom stereocenters. The molecule has 0 spiro atoms. The second-order valence-electron chi connectivity index (χ2n) is 4.96. The minimum atomic E-state index is -0.802. The summed E-state index contributed by atoms with van der Waals surface area (Å²) in [6.07, 6.45) is 4.20. The number of carboxylic acid groups (broad SMARTS) is 1. The van der Waals surface area contributed by atoms with Crippen LogP contribution in [0.2, 0.25) is 0 Å². The Morgan fingerprint density at radius 1 is 1.53 bits per heavy atom. The Morgan fingerprint density at radius 3 is 2.95 bits per heavy atom. The van der Waals surface area contributed by atoms with Crippen LogP contribution in [0.1, 0.15) is 25.0 Å². The lowest BCUT2D eigenvalue weighted by atomic mass is 9.98. The highest BCUT2D eigenvalue weighted by Gasteiger charge is 2.27. The zero-order valence-electron chi connectivity index (χ0n) is 11.1. The van der Waals surface area contributed by atoms with Gasteiger partial charge in [0.15, 0.2) is 0 Å². The lowest BCUT2D eigenvalue weighted by molar-refractivity contribution is -0.145. The SMILES string of the molecule is Cn1nccc1CCC(=O)N1CCC[C@H](C(=O)O)C1. The van der Waals surface area contributed by atoms with Crippen molar-refractivity contribution in [2.24, 2.45) is 13.0 Å². The third kappa shape index (κ3) is 3.33. The highest BCUT2D eigenvalue weighted by Crippen LogP contribution is 2.17. The number of hydrogen-bond donors (Lipinski definition) is 1. The molecule has 0 unspecified atom stereocenters. The first-order chi connectivity index (χ1) is 9.08. The number of carbonyl (C=O) groups is 2. The van der Waals surface area contributed by atoms with E-state index in [4.69, 9.17) is 5.11 Å². The number of nitrogens with zero attached hydrogens (tertiary/aromatic N) is 3. The molecule has 0 aliphatic carbocycles. The van der Waals surface area contributed by atoms with Gasteiger partial charge in [0, 0.05) is 38.4 Å². The molecule has 1 aliphatic rings. The summed E-state index contributed by atoms with van der Waals surface area (Å²) in [4.78, 5) is 24.7. The number of aromatic nitrogens is 2. The van der Waals surface area contributed by atoms with E-state index in [1.165, 1.54) is 0 Å². The number of piperidine rings is 1. The fraction of sp³-hybridized carbons (Fsp3) is 0.615. The average Bonchev–Trinajstić information content (AvgIpc) is 2.81. The molecule has 1 N–H and O–H groups in total. The lowest BCUT2D eigenvalue weighted by Gasteiger charge is -2.30. The number of hydrogen-bond acceptors (Lipinski definition) is 3. The van der Waals surface area contributed by atoms with Gasteiger partial charge in [-0.3, -0.25) is 14.3 Å². The summed E-state index contributed by atoms with van der Waals surface area (Å²) in [5, 5.41) is 13.1. The second-order valence-corrected chi connectivity index (χ2v) is 4.96. The van der Waals surface area contributed by atoms with Gasteiger partial charge in [-0.05, 0) is 25.3 Å². The van der Waals surface area contributed by atoms with Crippen LogP contribution in [0, 0.1) is 5.92 Å². The smallest absolute Gasteiger partial charge is 0.308 e. The van der Waals surface area contributed by atoms with Crippen molar-refractivity contribution in [2.45, 2.75) is 25.7 Å². The largest absolute Gasteiger partial charge is 0.481 e. The number of carbonyl (C=O) groups excluding carboxylic acids is 1. The molecule has 6 heteroatoms. The van der Waals surface area contributed by atoms with Crippen molar-refractivity contribution in [3.05, 3.63) is 18.0 Å². The average molecular weight is 265 g/mol. The molecule has 1 aromatic heterocycles. The van der Waals surface area contributed by atoms with E-state index in [9.17, 15) is 9.59 Å². The fourth-order valence-electron chi connectivity index (χ4n) is 2.44. The first kappa shape index (κ1) is 13.6. The Kier molecular flexibility index (Phi) is 4.19. The van der Waals surface area contributed by atoms with E-state index in [2.05, 4.69) is 5.10 Å². The van der Waals surface area contributed by atoms with Crippen LogP contribution in [0.3, 0.4) is 0 Å². The van der Waals surface area contributed by atoms with E-state index in [0.717, 1.165) is 12.1 Å². The summed E-state index contributed by atoms with van der Waals surface area (Å²) in [6, 6.07) is 1.89. The molecule has 0 radical (unpaired) electrons. The Bertz CT molecular complexity index is 469. The number of rotatable bonds is 4. The first-order valence-electron chi connectivity index (χ1n) is 6.55. The standard InChI is InChI=1S/C13H19N3O3/c1-15-11(6-7-14-15)4-5-12(17)16-8-2-3-10(9-16)13(18)19/h6-7,10H,2-5,8-9H2,1H3,(H,18,19)/t10-/m0/s1. The topological polar surface area (TPSA) is 75.4 Å². The van der Waals surface area contributed by atoms with Crippen molar-refractivity contribution in [1.29, 1.82) is 0 Å². The molecule has 1 aromatic rings. The molecule has 104 valence electrons. The van der Waals surface area contributed by atoms with Crippen molar-refractivity contribution in [1.82, 2.24) is 14.7 Å². The zero-order valence-corrected chi connectivity index (χ0v) is 11.1. The van der Waals surface area contributed by atoms with Crippen LogP contribution in [0.15, 0.2) is 12.3 Å². The van der Waals surface area contributed by atoms with Crippen molar-refractivity contribution in [3.63, 3.8) is 0 Å². The van der Waals surface area contributed by atoms with Gasteiger partial charge in [-0.2, -0.15) is 5.10 Å². The quantitative estimate of drug-likeness (QED) is 0.868. The van der Waals surface area contributed by atoms with Crippen LogP contribution in [-0.2, 0) is 23.1 Å². The normalized spacial score (nSPS) is 19.4. The van der Waals surface area contributed by atoms with Crippen molar-refractivity contribution in [3.8, 4) is 0 Å². The van der Waals surface area contributed by atoms with Crippen molar-refractivity contribution < 1.29 is 14.7 Å². The number of amides is 1. The minimum absolute atomic E-state index is 0.0344. The molecule has 1 aliphatic heterocycles. The summed E-state index contributed by atoms with van der Waals surface area (Å²) >= 11 is 0. The maximum Gasteiger partial charge on any atom is 0.308 e. The van der Waals surface area contributed by atoms with Gasteiger partial charge in [0.25, 0.3) is 0 Å². The molecule has 19 heavy (non-hydrogen) atoms. The molecule has 0 aromatic carbocycles. The molecule has 1 amide bonds. The van der Waals surface area contributed by atoms with E-state index < -0.39 is 11.9 Å². The monoisotopic (exact) mass is 265 g/mol. The van der Waals surface area contributed by atoms with Gasteiger partial charge in [-0.15, -0.1) is 0 Å². The van der Waals surface area contributed by atoms with Gasteiger partial charge in [-0.1, -0.05) is 0 Å². The van der Waals surface area contributed by atoms with Crippen LogP contribution in [0.4, 0.5) is 0 Å². The molecule has 2 rings (SSSR count). The molecule has 1 fully saturated rings. The number of aryl methyl sites for hydroxylation is 2. The molecule has 2 heterocycles. The summed E-state index contributed by atoms with van der Waals surface area (Å²) in [5.41, 5.74) is 1.01. The number of likely N-dealkylation sites (tertiary alicyclic amines) is 1. The Labute approximate surface area is 112 Å². The summed E-state index contributed by atoms with van der Waals surface area (Å²) in [5.74, 6) is -1.18. The van der Waals surface area contributed by atoms with E-state index in [1.54, 1.807) is 15.8 Å². The van der Waals surface area contributed by atoms with Crippen molar-refractivity contribution in [2.75, 3.05) is 13.1 Å². The zero-order chi connectivity index (χ0) is 13.8. The predicted molar refractivity (Wildman–Crippen MR) is 68.5 cm³/mol. The molecule has 0 saturated carbocycles. The summed E-state index contributed by atoms with van der Waals surface area (Å²) in [7, 11) is 1.85. The lowest BCUT2D eigenvalue weighted by Crippen LogP contribution is -2.42. The molecular weight excluding hydrogens is 246 g/mol. The van der Waals surface area contributed by atoms with E-state index in [-0.39, 0.29) is 5.91 Å². The highest BCUT2D eigenvalue weighted by molar-refractivity contribution is 5.78. The van der Waals surface area contributed by atoms with Crippen LogP contribution in [-0.4, -0.2) is 44.8 Å². The fourth-order valence-corrected chi connectivity index (χ4v) is 2.44. The minimum Gasteiger partial charge on any atom is -0.481 e.